The molecule has 0 heterocycles. The van der Waals surface area contributed by atoms with Gasteiger partial charge in [-0.05, 0) is 30.2 Å². The lowest BCUT2D eigenvalue weighted by molar-refractivity contribution is 0.637. The molecule has 0 fully saturated rings. The minimum Gasteiger partial charge on any atom is -0.271 e. The number of nitrogens with one attached hydrogen (secondary N) is 1. The lowest BCUT2D eigenvalue weighted by Gasteiger charge is -2.17. The molecule has 1 atom stereocenters. The van der Waals surface area contributed by atoms with E-state index in [0.29, 0.717) is 0 Å². The molecule has 0 aliphatic carbocycles. The molecule has 17 heavy (non-hydrogen) atoms. The lowest BCUT2D eigenvalue weighted by Crippen LogP contribution is -2.28. The fourth-order valence-corrected chi connectivity index (χ4v) is 1.93. The number of aryl methyl sites for hydroxylation is 1. The van der Waals surface area contributed by atoms with Crippen molar-refractivity contribution in [2.75, 3.05) is 0 Å². The Kier molecular flexibility index (Phi) is 3.79. The Bertz CT molecular complexity index is 431. The van der Waals surface area contributed by atoms with Crippen LogP contribution in [0.1, 0.15) is 22.7 Å². The van der Waals surface area contributed by atoms with Crippen LogP contribution in [0.2, 0.25) is 5.02 Å². The highest BCUT2D eigenvalue weighted by atomic mass is 35.5. The molecule has 3 heteroatoms. The van der Waals surface area contributed by atoms with Crippen molar-refractivity contribution in [3.8, 4) is 0 Å². The van der Waals surface area contributed by atoms with Crippen LogP contribution in [0.15, 0.2) is 48.5 Å². The Labute approximate surface area is 106 Å². The normalized spacial score (nSPS) is 12.4. The smallest absolute Gasteiger partial charge is 0.0710 e. The van der Waals surface area contributed by atoms with Crippen molar-refractivity contribution in [2.45, 2.75) is 13.0 Å². The van der Waals surface area contributed by atoms with E-state index in [0.717, 1.165) is 16.1 Å². The van der Waals surface area contributed by atoms with E-state index in [9.17, 15) is 0 Å². The average Bonchev–Trinajstić information content (AvgIpc) is 2.35. The molecule has 0 bridgehead atoms. The fraction of sp³-hybridized carbons (Fsp3) is 0.143. The predicted molar refractivity (Wildman–Crippen MR) is 71.8 cm³/mol. The quantitative estimate of drug-likeness (QED) is 0.645. The maximum atomic E-state index is 5.87. The second-order valence-electron chi connectivity index (χ2n) is 4.06. The molecule has 0 saturated carbocycles. The molecule has 2 aromatic carbocycles. The third kappa shape index (κ3) is 2.86. The van der Waals surface area contributed by atoms with E-state index < -0.39 is 0 Å². The van der Waals surface area contributed by atoms with E-state index in [-0.39, 0.29) is 6.04 Å². The van der Waals surface area contributed by atoms with Crippen molar-refractivity contribution in [3.05, 3.63) is 70.2 Å². The first-order chi connectivity index (χ1) is 8.20. The number of benzene rings is 2. The monoisotopic (exact) mass is 246 g/mol. The van der Waals surface area contributed by atoms with E-state index in [1.807, 2.05) is 24.3 Å². The molecule has 2 rings (SSSR count). The molecular weight excluding hydrogens is 232 g/mol. The summed E-state index contributed by atoms with van der Waals surface area (Å²) in [4.78, 5) is 0. The lowest BCUT2D eigenvalue weighted by atomic mass is 9.98. The zero-order chi connectivity index (χ0) is 12.3. The van der Waals surface area contributed by atoms with Crippen molar-refractivity contribution in [1.29, 1.82) is 0 Å². The molecule has 0 aromatic heterocycles. The van der Waals surface area contributed by atoms with Crippen LogP contribution in [0.3, 0.4) is 0 Å². The van der Waals surface area contributed by atoms with Gasteiger partial charge in [-0.3, -0.25) is 5.84 Å². The number of hydrogen-bond acceptors (Lipinski definition) is 2. The first-order valence-corrected chi connectivity index (χ1v) is 5.86. The summed E-state index contributed by atoms with van der Waals surface area (Å²) in [5, 5.41) is 0.730. The van der Waals surface area contributed by atoms with Crippen molar-refractivity contribution >= 4 is 11.6 Å². The molecule has 0 aliphatic heterocycles. The topological polar surface area (TPSA) is 38.0 Å². The number of halogens is 1. The van der Waals surface area contributed by atoms with Crippen LogP contribution in [0, 0.1) is 6.92 Å². The summed E-state index contributed by atoms with van der Waals surface area (Å²) >= 11 is 5.87. The largest absolute Gasteiger partial charge is 0.271 e. The van der Waals surface area contributed by atoms with Gasteiger partial charge in [0.05, 0.1) is 6.04 Å². The van der Waals surface area contributed by atoms with Crippen LogP contribution in [0.25, 0.3) is 0 Å². The maximum absolute atomic E-state index is 5.87. The molecule has 0 saturated heterocycles. The van der Waals surface area contributed by atoms with Crippen molar-refractivity contribution in [3.63, 3.8) is 0 Å². The molecule has 88 valence electrons. The van der Waals surface area contributed by atoms with Crippen LogP contribution in [-0.2, 0) is 0 Å². The molecule has 2 nitrogen and oxygen atoms in total. The number of hydrazine groups is 1. The van der Waals surface area contributed by atoms with Crippen LogP contribution >= 0.6 is 11.6 Å². The Morgan fingerprint density at radius 1 is 0.941 bits per heavy atom. The molecule has 3 N–H and O–H groups in total. The van der Waals surface area contributed by atoms with Gasteiger partial charge in [0.25, 0.3) is 0 Å². The molecule has 0 amide bonds. The van der Waals surface area contributed by atoms with E-state index >= 15 is 0 Å². The highest BCUT2D eigenvalue weighted by Gasteiger charge is 2.11. The second-order valence-corrected chi connectivity index (χ2v) is 4.50. The average molecular weight is 247 g/mol. The van der Waals surface area contributed by atoms with Gasteiger partial charge in [0, 0.05) is 5.02 Å². The zero-order valence-corrected chi connectivity index (χ0v) is 10.4. The van der Waals surface area contributed by atoms with E-state index in [1.54, 1.807) is 0 Å². The van der Waals surface area contributed by atoms with Crippen LogP contribution in [0.5, 0.6) is 0 Å². The van der Waals surface area contributed by atoms with Gasteiger partial charge < -0.3 is 0 Å². The van der Waals surface area contributed by atoms with E-state index in [1.165, 1.54) is 5.56 Å². The first-order valence-electron chi connectivity index (χ1n) is 5.49. The van der Waals surface area contributed by atoms with Gasteiger partial charge in [-0.25, -0.2) is 5.43 Å². The Balaban J connectivity index is 2.33. The summed E-state index contributed by atoms with van der Waals surface area (Å²) in [7, 11) is 0. The third-order valence-electron chi connectivity index (χ3n) is 2.78. The molecule has 0 radical (unpaired) electrons. The number of hydrogen-bond donors (Lipinski definition) is 2. The highest BCUT2D eigenvalue weighted by molar-refractivity contribution is 6.30. The van der Waals surface area contributed by atoms with E-state index in [2.05, 4.69) is 36.6 Å². The summed E-state index contributed by atoms with van der Waals surface area (Å²) in [6, 6.07) is 16.0. The molecule has 0 spiro atoms. The van der Waals surface area contributed by atoms with Gasteiger partial charge in [-0.1, -0.05) is 53.6 Å². The fourth-order valence-electron chi connectivity index (χ4n) is 1.80. The van der Waals surface area contributed by atoms with Gasteiger partial charge in [0.15, 0.2) is 0 Å². The Morgan fingerprint density at radius 3 is 1.88 bits per heavy atom. The minimum absolute atomic E-state index is 0.00660. The van der Waals surface area contributed by atoms with Gasteiger partial charge >= 0.3 is 0 Å². The molecule has 1 unspecified atom stereocenters. The third-order valence-corrected chi connectivity index (χ3v) is 3.03. The standard InChI is InChI=1S/C14H15ClN2/c1-10-2-4-11(5-3-10)14(17-16)12-6-8-13(15)9-7-12/h2-9,14,17H,16H2,1H3. The molecule has 0 aliphatic rings. The van der Waals surface area contributed by atoms with Gasteiger partial charge in [-0.2, -0.15) is 0 Å². The molecular formula is C14H15ClN2. The zero-order valence-electron chi connectivity index (χ0n) is 9.65. The number of nitrogens with two attached hydrogens (primary N) is 1. The van der Waals surface area contributed by atoms with Crippen LogP contribution < -0.4 is 11.3 Å². The Morgan fingerprint density at radius 2 is 1.41 bits per heavy atom. The summed E-state index contributed by atoms with van der Waals surface area (Å²) in [5.41, 5.74) is 6.30. The summed E-state index contributed by atoms with van der Waals surface area (Å²) in [6.45, 7) is 2.07. The van der Waals surface area contributed by atoms with Gasteiger partial charge in [-0.15, -0.1) is 0 Å². The van der Waals surface area contributed by atoms with Crippen molar-refractivity contribution in [1.82, 2.24) is 5.43 Å². The minimum atomic E-state index is -0.00660. The molecule has 2 aromatic rings. The van der Waals surface area contributed by atoms with Crippen molar-refractivity contribution in [2.24, 2.45) is 5.84 Å². The summed E-state index contributed by atoms with van der Waals surface area (Å²) in [6.07, 6.45) is 0. The van der Waals surface area contributed by atoms with Crippen LogP contribution in [-0.4, -0.2) is 0 Å². The summed E-state index contributed by atoms with van der Waals surface area (Å²) in [5.74, 6) is 5.63. The second kappa shape index (κ2) is 5.32. The van der Waals surface area contributed by atoms with Crippen molar-refractivity contribution < 1.29 is 0 Å². The Hall–Kier alpha value is -1.35. The van der Waals surface area contributed by atoms with Gasteiger partial charge in [0.2, 0.25) is 0 Å². The van der Waals surface area contributed by atoms with E-state index in [4.69, 9.17) is 17.4 Å². The summed E-state index contributed by atoms with van der Waals surface area (Å²) < 4.78 is 0. The van der Waals surface area contributed by atoms with Crippen LogP contribution in [0.4, 0.5) is 0 Å². The van der Waals surface area contributed by atoms with Gasteiger partial charge in [0.1, 0.15) is 0 Å². The predicted octanol–water partition coefficient (Wildman–Crippen LogP) is 3.20. The highest BCUT2D eigenvalue weighted by Crippen LogP contribution is 2.23. The first kappa shape index (κ1) is 12.1. The maximum Gasteiger partial charge on any atom is 0.0710 e. The SMILES string of the molecule is Cc1ccc(C(NN)c2ccc(Cl)cc2)cc1. The number of rotatable bonds is 3.